The smallest absolute Gasteiger partial charge is 0.0534 e. The molecule has 1 aromatic rings. The lowest BCUT2D eigenvalue weighted by Gasteiger charge is -2.30. The fourth-order valence-electron chi connectivity index (χ4n) is 1.95. The van der Waals surface area contributed by atoms with E-state index in [1.54, 1.807) is 0 Å². The molecule has 0 unspecified atom stereocenters. The van der Waals surface area contributed by atoms with Crippen LogP contribution in [0.4, 0.5) is 0 Å². The summed E-state index contributed by atoms with van der Waals surface area (Å²) in [6.45, 7) is 14.6. The molecule has 0 aliphatic carbocycles. The fraction of sp³-hybridized carbons (Fsp3) is 0.786. The van der Waals surface area contributed by atoms with E-state index in [1.807, 2.05) is 10.9 Å². The van der Waals surface area contributed by atoms with Crippen LogP contribution in [-0.2, 0) is 6.54 Å². The van der Waals surface area contributed by atoms with Crippen LogP contribution in [0, 0.1) is 5.41 Å². The normalized spacial score (nSPS) is 12.7. The lowest BCUT2D eigenvalue weighted by molar-refractivity contribution is 0.183. The fourth-order valence-corrected chi connectivity index (χ4v) is 1.95. The Hall–Kier alpha value is -0.870. The SMILES string of the molecule is CCN(Cc1cnn(C(C)C)c1)CC(C)(C)CN. The summed E-state index contributed by atoms with van der Waals surface area (Å²) < 4.78 is 2.01. The van der Waals surface area contributed by atoms with Gasteiger partial charge in [-0.1, -0.05) is 20.8 Å². The van der Waals surface area contributed by atoms with Gasteiger partial charge in [0, 0.05) is 30.9 Å². The Kier molecular flexibility index (Phi) is 5.35. The van der Waals surface area contributed by atoms with Gasteiger partial charge in [-0.3, -0.25) is 9.58 Å². The second kappa shape index (κ2) is 6.34. The van der Waals surface area contributed by atoms with Crippen molar-refractivity contribution in [1.82, 2.24) is 14.7 Å². The Balaban J connectivity index is 2.62. The highest BCUT2D eigenvalue weighted by Crippen LogP contribution is 2.17. The van der Waals surface area contributed by atoms with E-state index in [0.717, 1.165) is 26.2 Å². The van der Waals surface area contributed by atoms with E-state index in [0.29, 0.717) is 6.04 Å². The van der Waals surface area contributed by atoms with Gasteiger partial charge in [0.25, 0.3) is 0 Å². The van der Waals surface area contributed by atoms with Crippen molar-refractivity contribution in [3.05, 3.63) is 18.0 Å². The summed E-state index contributed by atoms with van der Waals surface area (Å²) in [5.74, 6) is 0. The molecule has 0 aliphatic rings. The quantitative estimate of drug-likeness (QED) is 0.810. The highest BCUT2D eigenvalue weighted by molar-refractivity contribution is 5.04. The minimum absolute atomic E-state index is 0.171. The molecule has 0 aliphatic heterocycles. The Morgan fingerprint density at radius 2 is 2.11 bits per heavy atom. The molecule has 1 rings (SSSR count). The maximum atomic E-state index is 5.80. The van der Waals surface area contributed by atoms with Gasteiger partial charge < -0.3 is 5.73 Å². The highest BCUT2D eigenvalue weighted by Gasteiger charge is 2.19. The zero-order valence-electron chi connectivity index (χ0n) is 12.5. The highest BCUT2D eigenvalue weighted by atomic mass is 15.3. The molecular formula is C14H28N4. The number of nitrogens with two attached hydrogens (primary N) is 1. The summed E-state index contributed by atoms with van der Waals surface area (Å²) in [5, 5.41) is 4.38. The van der Waals surface area contributed by atoms with Gasteiger partial charge in [-0.25, -0.2) is 0 Å². The lowest BCUT2D eigenvalue weighted by atomic mass is 9.93. The van der Waals surface area contributed by atoms with Gasteiger partial charge in [-0.2, -0.15) is 5.10 Å². The lowest BCUT2D eigenvalue weighted by Crippen LogP contribution is -2.38. The molecule has 0 bridgehead atoms. The van der Waals surface area contributed by atoms with Gasteiger partial charge in [-0.05, 0) is 32.4 Å². The molecule has 0 atom stereocenters. The first-order valence-corrected chi connectivity index (χ1v) is 6.83. The van der Waals surface area contributed by atoms with E-state index in [-0.39, 0.29) is 5.41 Å². The minimum Gasteiger partial charge on any atom is -0.330 e. The molecule has 0 saturated heterocycles. The van der Waals surface area contributed by atoms with E-state index >= 15 is 0 Å². The molecule has 4 heteroatoms. The van der Waals surface area contributed by atoms with E-state index in [4.69, 9.17) is 5.73 Å². The number of aromatic nitrogens is 2. The molecule has 0 fully saturated rings. The molecule has 2 N–H and O–H groups in total. The van der Waals surface area contributed by atoms with Crippen LogP contribution in [-0.4, -0.2) is 34.3 Å². The third kappa shape index (κ3) is 4.42. The van der Waals surface area contributed by atoms with Gasteiger partial charge >= 0.3 is 0 Å². The third-order valence-corrected chi connectivity index (χ3v) is 3.24. The van der Waals surface area contributed by atoms with Crippen LogP contribution in [0.15, 0.2) is 12.4 Å². The predicted octanol–water partition coefficient (Wildman–Crippen LogP) is 2.27. The molecule has 4 nitrogen and oxygen atoms in total. The minimum atomic E-state index is 0.171. The largest absolute Gasteiger partial charge is 0.330 e. The number of hydrogen-bond acceptors (Lipinski definition) is 3. The summed E-state index contributed by atoms with van der Waals surface area (Å²) in [7, 11) is 0. The van der Waals surface area contributed by atoms with E-state index in [1.165, 1.54) is 5.56 Å². The summed E-state index contributed by atoms with van der Waals surface area (Å²) in [6, 6.07) is 0.425. The number of rotatable bonds is 7. The summed E-state index contributed by atoms with van der Waals surface area (Å²) >= 11 is 0. The van der Waals surface area contributed by atoms with Gasteiger partial charge in [-0.15, -0.1) is 0 Å². The first-order valence-electron chi connectivity index (χ1n) is 6.83. The molecule has 0 aromatic carbocycles. The topological polar surface area (TPSA) is 47.1 Å². The van der Waals surface area contributed by atoms with Crippen LogP contribution >= 0.6 is 0 Å². The molecule has 0 amide bonds. The van der Waals surface area contributed by atoms with E-state index < -0.39 is 0 Å². The zero-order chi connectivity index (χ0) is 13.8. The van der Waals surface area contributed by atoms with E-state index in [9.17, 15) is 0 Å². The van der Waals surface area contributed by atoms with Crippen LogP contribution in [0.25, 0.3) is 0 Å². The summed E-state index contributed by atoms with van der Waals surface area (Å²) in [6.07, 6.45) is 4.11. The van der Waals surface area contributed by atoms with Crippen molar-refractivity contribution >= 4 is 0 Å². The monoisotopic (exact) mass is 252 g/mol. The first kappa shape index (κ1) is 15.2. The average molecular weight is 252 g/mol. The zero-order valence-corrected chi connectivity index (χ0v) is 12.5. The molecular weight excluding hydrogens is 224 g/mol. The van der Waals surface area contributed by atoms with Gasteiger partial charge in [0.05, 0.1) is 6.20 Å². The third-order valence-electron chi connectivity index (χ3n) is 3.24. The van der Waals surface area contributed by atoms with Crippen molar-refractivity contribution in [3.8, 4) is 0 Å². The molecule has 18 heavy (non-hydrogen) atoms. The van der Waals surface area contributed by atoms with Gasteiger partial charge in [0.15, 0.2) is 0 Å². The Morgan fingerprint density at radius 1 is 1.44 bits per heavy atom. The van der Waals surface area contributed by atoms with Gasteiger partial charge in [0.2, 0.25) is 0 Å². The second-order valence-corrected chi connectivity index (χ2v) is 6.09. The molecule has 1 heterocycles. The van der Waals surface area contributed by atoms with Crippen molar-refractivity contribution < 1.29 is 0 Å². The maximum Gasteiger partial charge on any atom is 0.0534 e. The van der Waals surface area contributed by atoms with Crippen molar-refractivity contribution in [3.63, 3.8) is 0 Å². The number of hydrogen-bond donors (Lipinski definition) is 1. The molecule has 0 spiro atoms. The number of nitrogens with zero attached hydrogens (tertiary/aromatic N) is 3. The standard InChI is InChI=1S/C14H28N4/c1-6-17(11-14(4,5)10-15)8-13-7-16-18(9-13)12(2)3/h7,9,12H,6,8,10-11,15H2,1-5H3. The molecule has 1 aromatic heterocycles. The van der Waals surface area contributed by atoms with Crippen molar-refractivity contribution in [1.29, 1.82) is 0 Å². The van der Waals surface area contributed by atoms with Crippen LogP contribution in [0.5, 0.6) is 0 Å². The Bertz CT molecular complexity index is 354. The van der Waals surface area contributed by atoms with Crippen LogP contribution < -0.4 is 5.73 Å². The molecule has 0 saturated carbocycles. The van der Waals surface area contributed by atoms with E-state index in [2.05, 4.69) is 50.8 Å². The van der Waals surface area contributed by atoms with Gasteiger partial charge in [0.1, 0.15) is 0 Å². The summed E-state index contributed by atoms with van der Waals surface area (Å²) in [5.41, 5.74) is 7.25. The first-order chi connectivity index (χ1) is 8.38. The van der Waals surface area contributed by atoms with Crippen molar-refractivity contribution in [2.24, 2.45) is 11.1 Å². The summed E-state index contributed by atoms with van der Waals surface area (Å²) in [4.78, 5) is 2.43. The van der Waals surface area contributed by atoms with Crippen LogP contribution in [0.2, 0.25) is 0 Å². The predicted molar refractivity (Wildman–Crippen MR) is 76.4 cm³/mol. The van der Waals surface area contributed by atoms with Crippen LogP contribution in [0.1, 0.15) is 46.2 Å². The van der Waals surface area contributed by atoms with Crippen molar-refractivity contribution in [2.75, 3.05) is 19.6 Å². The Labute approximate surface area is 111 Å². The molecule has 0 radical (unpaired) electrons. The van der Waals surface area contributed by atoms with Crippen molar-refractivity contribution in [2.45, 2.75) is 47.2 Å². The van der Waals surface area contributed by atoms with Crippen LogP contribution in [0.3, 0.4) is 0 Å². The Morgan fingerprint density at radius 3 is 2.56 bits per heavy atom. The average Bonchev–Trinajstić information content (AvgIpc) is 2.76. The molecule has 104 valence electrons. The second-order valence-electron chi connectivity index (χ2n) is 6.09. The maximum absolute atomic E-state index is 5.80.